The summed E-state index contributed by atoms with van der Waals surface area (Å²) in [6.07, 6.45) is 5.59. The zero-order chi connectivity index (χ0) is 10.7. The van der Waals surface area contributed by atoms with Crippen molar-refractivity contribution in [3.05, 3.63) is 35.9 Å². The molecule has 1 atom stereocenters. The summed E-state index contributed by atoms with van der Waals surface area (Å²) in [5, 5.41) is 3.40. The average Bonchev–Trinajstić information content (AvgIpc) is 2.24. The number of hydrogen-bond donors (Lipinski definition) is 1. The monoisotopic (exact) mass is 203 g/mol. The Morgan fingerprint density at radius 2 is 2.27 bits per heavy atom. The van der Waals surface area contributed by atoms with Crippen molar-refractivity contribution in [2.75, 3.05) is 13.7 Å². The highest BCUT2D eigenvalue weighted by Crippen LogP contribution is 2.21. The normalized spacial score (nSPS) is 25.2. The second-order valence-corrected chi connectivity index (χ2v) is 4.20. The summed E-state index contributed by atoms with van der Waals surface area (Å²) in [6.45, 7) is 3.34. The van der Waals surface area contributed by atoms with Crippen LogP contribution in [0, 0.1) is 0 Å². The first kappa shape index (κ1) is 10.2. The molecule has 1 N–H and O–H groups in total. The summed E-state index contributed by atoms with van der Waals surface area (Å²) in [4.78, 5) is 0. The molecule has 2 rings (SSSR count). The summed E-state index contributed by atoms with van der Waals surface area (Å²) in [5.74, 6) is 0.906. The van der Waals surface area contributed by atoms with Crippen molar-refractivity contribution in [1.29, 1.82) is 0 Å². The van der Waals surface area contributed by atoms with E-state index in [0.29, 0.717) is 0 Å². The van der Waals surface area contributed by atoms with Gasteiger partial charge in [-0.1, -0.05) is 24.3 Å². The van der Waals surface area contributed by atoms with Gasteiger partial charge in [0.25, 0.3) is 0 Å². The number of methoxy groups -OCH3 is 1. The molecule has 0 aromatic heterocycles. The third-order valence-corrected chi connectivity index (χ3v) is 2.91. The molecule has 0 aliphatic carbocycles. The molecule has 0 amide bonds. The third kappa shape index (κ3) is 2.39. The molecule has 0 spiro atoms. The first-order chi connectivity index (χ1) is 7.22. The van der Waals surface area contributed by atoms with Gasteiger partial charge in [0.05, 0.1) is 7.11 Å². The van der Waals surface area contributed by atoms with E-state index in [1.165, 1.54) is 12.0 Å². The molecule has 80 valence electrons. The summed E-state index contributed by atoms with van der Waals surface area (Å²) in [6, 6.07) is 8.09. The van der Waals surface area contributed by atoms with Gasteiger partial charge in [0.1, 0.15) is 5.75 Å². The summed E-state index contributed by atoms with van der Waals surface area (Å²) in [5.41, 5.74) is 1.38. The van der Waals surface area contributed by atoms with E-state index in [9.17, 15) is 0 Å². The van der Waals surface area contributed by atoms with Crippen LogP contribution in [0.3, 0.4) is 0 Å². The molecular formula is C13H17NO. The molecule has 1 fully saturated rings. The Labute approximate surface area is 91.0 Å². The van der Waals surface area contributed by atoms with Gasteiger partial charge >= 0.3 is 0 Å². The minimum Gasteiger partial charge on any atom is -0.497 e. The van der Waals surface area contributed by atoms with Crippen molar-refractivity contribution in [3.63, 3.8) is 0 Å². The smallest absolute Gasteiger partial charge is 0.119 e. The van der Waals surface area contributed by atoms with Crippen LogP contribution in [0.2, 0.25) is 0 Å². The molecule has 2 heteroatoms. The van der Waals surface area contributed by atoms with Crippen LogP contribution >= 0.6 is 0 Å². The van der Waals surface area contributed by atoms with E-state index in [2.05, 4.69) is 30.5 Å². The Hall–Kier alpha value is -1.28. The van der Waals surface area contributed by atoms with Crippen LogP contribution in [0.1, 0.15) is 18.9 Å². The standard InChI is InChI=1S/C13H17NO/c1-13(8-9-14-13)7-6-11-4-3-5-12(10-11)15-2/h3-7,10,14H,8-9H2,1-2H3. The van der Waals surface area contributed by atoms with Crippen molar-refractivity contribution >= 4 is 6.08 Å². The van der Waals surface area contributed by atoms with Crippen LogP contribution < -0.4 is 10.1 Å². The fourth-order valence-corrected chi connectivity index (χ4v) is 1.69. The molecule has 1 saturated heterocycles. The molecule has 0 bridgehead atoms. The number of rotatable bonds is 3. The molecule has 0 radical (unpaired) electrons. The van der Waals surface area contributed by atoms with Crippen molar-refractivity contribution in [2.24, 2.45) is 0 Å². The van der Waals surface area contributed by atoms with Gasteiger partial charge in [-0.25, -0.2) is 0 Å². The molecule has 1 aliphatic heterocycles. The van der Waals surface area contributed by atoms with E-state index >= 15 is 0 Å². The number of ether oxygens (including phenoxy) is 1. The van der Waals surface area contributed by atoms with E-state index in [-0.39, 0.29) is 5.54 Å². The second-order valence-electron chi connectivity index (χ2n) is 4.20. The maximum Gasteiger partial charge on any atom is 0.119 e. The highest BCUT2D eigenvalue weighted by Gasteiger charge is 2.27. The average molecular weight is 203 g/mol. The molecule has 1 aromatic carbocycles. The Morgan fingerprint density at radius 1 is 1.47 bits per heavy atom. The van der Waals surface area contributed by atoms with Crippen LogP contribution in [-0.2, 0) is 0 Å². The lowest BCUT2D eigenvalue weighted by atomic mass is 9.89. The minimum atomic E-state index is 0.197. The predicted molar refractivity (Wildman–Crippen MR) is 63.1 cm³/mol. The predicted octanol–water partition coefficient (Wildman–Crippen LogP) is 2.46. The third-order valence-electron chi connectivity index (χ3n) is 2.91. The Kier molecular flexibility index (Phi) is 2.78. The van der Waals surface area contributed by atoms with Gasteiger partial charge in [0.2, 0.25) is 0 Å². The van der Waals surface area contributed by atoms with E-state index in [1.807, 2.05) is 18.2 Å². The van der Waals surface area contributed by atoms with E-state index in [1.54, 1.807) is 7.11 Å². The Bertz CT molecular complexity index is 367. The number of hydrogen-bond acceptors (Lipinski definition) is 2. The lowest BCUT2D eigenvalue weighted by Crippen LogP contribution is -2.52. The van der Waals surface area contributed by atoms with Gasteiger partial charge in [-0.2, -0.15) is 0 Å². The van der Waals surface area contributed by atoms with Crippen molar-refractivity contribution in [2.45, 2.75) is 18.9 Å². The van der Waals surface area contributed by atoms with Crippen LogP contribution in [0.5, 0.6) is 5.75 Å². The quantitative estimate of drug-likeness (QED) is 0.814. The van der Waals surface area contributed by atoms with Gasteiger partial charge < -0.3 is 10.1 Å². The topological polar surface area (TPSA) is 21.3 Å². The fourth-order valence-electron chi connectivity index (χ4n) is 1.69. The minimum absolute atomic E-state index is 0.197. The van der Waals surface area contributed by atoms with Crippen LogP contribution in [0.15, 0.2) is 30.3 Å². The first-order valence-electron chi connectivity index (χ1n) is 5.30. The van der Waals surface area contributed by atoms with E-state index < -0.39 is 0 Å². The van der Waals surface area contributed by atoms with Gasteiger partial charge in [-0.15, -0.1) is 0 Å². The largest absolute Gasteiger partial charge is 0.497 e. The SMILES string of the molecule is COc1cccc(C=CC2(C)CCN2)c1. The number of benzene rings is 1. The Balaban J connectivity index is 2.09. The molecule has 0 saturated carbocycles. The molecule has 1 aliphatic rings. The summed E-state index contributed by atoms with van der Waals surface area (Å²) >= 11 is 0. The molecular weight excluding hydrogens is 186 g/mol. The molecule has 2 nitrogen and oxygen atoms in total. The maximum absolute atomic E-state index is 5.18. The van der Waals surface area contributed by atoms with Crippen molar-refractivity contribution in [1.82, 2.24) is 5.32 Å². The molecule has 1 aromatic rings. The molecule has 1 unspecified atom stereocenters. The maximum atomic E-state index is 5.18. The number of nitrogens with one attached hydrogen (secondary N) is 1. The van der Waals surface area contributed by atoms with E-state index in [4.69, 9.17) is 4.74 Å². The second kappa shape index (κ2) is 4.07. The lowest BCUT2D eigenvalue weighted by molar-refractivity contribution is 0.301. The van der Waals surface area contributed by atoms with Gasteiger partial charge in [-0.3, -0.25) is 0 Å². The zero-order valence-electron chi connectivity index (χ0n) is 9.29. The van der Waals surface area contributed by atoms with Gasteiger partial charge in [0.15, 0.2) is 0 Å². The summed E-state index contributed by atoms with van der Waals surface area (Å²) in [7, 11) is 1.69. The first-order valence-corrected chi connectivity index (χ1v) is 5.30. The summed E-state index contributed by atoms with van der Waals surface area (Å²) < 4.78 is 5.18. The molecule has 1 heterocycles. The van der Waals surface area contributed by atoms with Crippen LogP contribution in [-0.4, -0.2) is 19.2 Å². The van der Waals surface area contributed by atoms with Crippen molar-refractivity contribution in [3.8, 4) is 5.75 Å². The van der Waals surface area contributed by atoms with Gasteiger partial charge in [-0.05, 0) is 37.6 Å². The Morgan fingerprint density at radius 3 is 2.87 bits per heavy atom. The fraction of sp³-hybridized carbons (Fsp3) is 0.385. The highest BCUT2D eigenvalue weighted by atomic mass is 16.5. The van der Waals surface area contributed by atoms with E-state index in [0.717, 1.165) is 12.3 Å². The van der Waals surface area contributed by atoms with Crippen LogP contribution in [0.25, 0.3) is 6.08 Å². The lowest BCUT2D eigenvalue weighted by Gasteiger charge is -2.37. The molecule has 15 heavy (non-hydrogen) atoms. The highest BCUT2D eigenvalue weighted by molar-refractivity contribution is 5.53. The van der Waals surface area contributed by atoms with Gasteiger partial charge in [0, 0.05) is 5.54 Å². The van der Waals surface area contributed by atoms with Crippen LogP contribution in [0.4, 0.5) is 0 Å². The zero-order valence-corrected chi connectivity index (χ0v) is 9.29. The van der Waals surface area contributed by atoms with Crippen molar-refractivity contribution < 1.29 is 4.74 Å².